The molecule has 7 heteroatoms. The molecule has 0 fully saturated rings. The summed E-state index contributed by atoms with van der Waals surface area (Å²) in [7, 11) is 0. The second kappa shape index (κ2) is 9.19. The number of ether oxygens (including phenoxy) is 2. The first-order chi connectivity index (χ1) is 10.4. The van der Waals surface area contributed by atoms with Gasteiger partial charge < -0.3 is 9.47 Å². The molecule has 6 nitrogen and oxygen atoms in total. The van der Waals surface area contributed by atoms with Gasteiger partial charge in [0.05, 0.1) is 13.0 Å². The molecule has 0 atom stereocenters. The number of hydrogen-bond acceptors (Lipinski definition) is 5. The van der Waals surface area contributed by atoms with E-state index in [0.29, 0.717) is 18.1 Å². The monoisotopic (exact) mass is 370 g/mol. The van der Waals surface area contributed by atoms with Crippen molar-refractivity contribution in [3.05, 3.63) is 28.2 Å². The number of nitrogens with zero attached hydrogens (tertiary/aromatic N) is 1. The lowest BCUT2D eigenvalue weighted by molar-refractivity contribution is -0.141. The third-order valence-corrected chi connectivity index (χ3v) is 3.07. The zero-order valence-corrected chi connectivity index (χ0v) is 14.4. The van der Waals surface area contributed by atoms with Crippen molar-refractivity contribution in [2.24, 2.45) is 5.10 Å². The average molecular weight is 371 g/mol. The Balaban J connectivity index is 2.41. The molecule has 0 aliphatic heterocycles. The quantitative estimate of drug-likeness (QED) is 0.454. The molecule has 0 aromatic heterocycles. The van der Waals surface area contributed by atoms with Crippen molar-refractivity contribution in [2.75, 3.05) is 13.2 Å². The van der Waals surface area contributed by atoms with Crippen molar-refractivity contribution < 1.29 is 19.1 Å². The minimum absolute atomic E-state index is 0.0425. The Kier molecular flexibility index (Phi) is 7.59. The fraction of sp³-hybridized carbons (Fsp3) is 0.400. The highest BCUT2D eigenvalue weighted by Gasteiger charge is 2.07. The minimum atomic E-state index is -0.398. The maximum absolute atomic E-state index is 11.6. The van der Waals surface area contributed by atoms with Crippen LogP contribution in [-0.2, 0) is 14.3 Å². The van der Waals surface area contributed by atoms with E-state index < -0.39 is 5.91 Å². The van der Waals surface area contributed by atoms with Crippen LogP contribution in [0.3, 0.4) is 0 Å². The molecule has 0 spiro atoms. The van der Waals surface area contributed by atoms with E-state index in [-0.39, 0.29) is 19.0 Å². The van der Waals surface area contributed by atoms with Crippen LogP contribution in [0.2, 0.25) is 0 Å². The minimum Gasteiger partial charge on any atom is -0.483 e. The summed E-state index contributed by atoms with van der Waals surface area (Å²) in [6, 6.07) is 5.51. The highest BCUT2D eigenvalue weighted by atomic mass is 79.9. The van der Waals surface area contributed by atoms with Gasteiger partial charge in [-0.05, 0) is 44.5 Å². The first-order valence-corrected chi connectivity index (χ1v) is 7.58. The summed E-state index contributed by atoms with van der Waals surface area (Å²) in [6.45, 7) is 5.42. The number of halogens is 1. The molecule has 1 rings (SSSR count). The summed E-state index contributed by atoms with van der Waals surface area (Å²) in [5.41, 5.74) is 3.72. The van der Waals surface area contributed by atoms with Gasteiger partial charge in [-0.1, -0.05) is 15.9 Å². The van der Waals surface area contributed by atoms with Gasteiger partial charge in [0.2, 0.25) is 0 Å². The number of esters is 1. The zero-order chi connectivity index (χ0) is 16.5. The standard InChI is InChI=1S/C15H19BrN2O4/c1-4-21-15(20)8-11(3)17-18-14(19)9-22-13-6-5-12(16)7-10(13)2/h5-7H,4,8-9H2,1-3H3,(H,18,19)/b17-11+. The van der Waals surface area contributed by atoms with Crippen LogP contribution in [0.5, 0.6) is 5.75 Å². The van der Waals surface area contributed by atoms with Crippen LogP contribution in [0.1, 0.15) is 25.8 Å². The molecular weight excluding hydrogens is 352 g/mol. The zero-order valence-electron chi connectivity index (χ0n) is 12.8. The van der Waals surface area contributed by atoms with E-state index in [1.807, 2.05) is 19.1 Å². The summed E-state index contributed by atoms with van der Waals surface area (Å²) in [4.78, 5) is 22.9. The van der Waals surface area contributed by atoms with Crippen LogP contribution in [0.15, 0.2) is 27.8 Å². The van der Waals surface area contributed by atoms with Crippen LogP contribution in [0.25, 0.3) is 0 Å². The van der Waals surface area contributed by atoms with Gasteiger partial charge in [0.25, 0.3) is 5.91 Å². The third kappa shape index (κ3) is 6.71. The van der Waals surface area contributed by atoms with E-state index in [1.165, 1.54) is 0 Å². The van der Waals surface area contributed by atoms with E-state index in [0.717, 1.165) is 10.0 Å². The van der Waals surface area contributed by atoms with Gasteiger partial charge in [0.15, 0.2) is 6.61 Å². The van der Waals surface area contributed by atoms with E-state index in [4.69, 9.17) is 9.47 Å². The van der Waals surface area contributed by atoms with Crippen LogP contribution in [0, 0.1) is 6.92 Å². The number of hydrogen-bond donors (Lipinski definition) is 1. The maximum atomic E-state index is 11.6. The molecular formula is C15H19BrN2O4. The number of rotatable bonds is 7. The number of nitrogens with one attached hydrogen (secondary N) is 1. The Morgan fingerprint density at radius 2 is 2.09 bits per heavy atom. The van der Waals surface area contributed by atoms with E-state index in [9.17, 15) is 9.59 Å². The fourth-order valence-electron chi connectivity index (χ4n) is 1.57. The molecule has 1 amide bonds. The number of hydrazone groups is 1. The second-order valence-corrected chi connectivity index (χ2v) is 5.48. The Morgan fingerprint density at radius 1 is 1.36 bits per heavy atom. The van der Waals surface area contributed by atoms with E-state index in [2.05, 4.69) is 26.5 Å². The second-order valence-electron chi connectivity index (χ2n) is 4.56. The molecule has 0 aliphatic carbocycles. The molecule has 0 saturated heterocycles. The van der Waals surface area contributed by atoms with Crippen molar-refractivity contribution in [3.8, 4) is 5.75 Å². The number of aryl methyl sites for hydroxylation is 1. The predicted octanol–water partition coefficient (Wildman–Crippen LogP) is 2.58. The summed E-state index contributed by atoms with van der Waals surface area (Å²) in [5, 5.41) is 3.82. The lowest BCUT2D eigenvalue weighted by Gasteiger charge is -2.08. The van der Waals surface area contributed by atoms with Crippen LogP contribution >= 0.6 is 15.9 Å². The molecule has 1 aromatic rings. The molecule has 22 heavy (non-hydrogen) atoms. The van der Waals surface area contributed by atoms with Gasteiger partial charge >= 0.3 is 5.97 Å². The van der Waals surface area contributed by atoms with Crippen molar-refractivity contribution in [2.45, 2.75) is 27.2 Å². The fourth-order valence-corrected chi connectivity index (χ4v) is 2.04. The number of carbonyl (C=O) groups excluding carboxylic acids is 2. The Hall–Kier alpha value is -1.89. The Labute approximate surface area is 138 Å². The van der Waals surface area contributed by atoms with Gasteiger partial charge in [0, 0.05) is 10.2 Å². The van der Waals surface area contributed by atoms with Crippen molar-refractivity contribution >= 4 is 33.5 Å². The average Bonchev–Trinajstić information content (AvgIpc) is 2.44. The molecule has 0 aliphatic rings. The third-order valence-electron chi connectivity index (χ3n) is 2.57. The van der Waals surface area contributed by atoms with Gasteiger partial charge in [-0.25, -0.2) is 5.43 Å². The normalized spacial score (nSPS) is 11.0. The van der Waals surface area contributed by atoms with Crippen molar-refractivity contribution in [3.63, 3.8) is 0 Å². The molecule has 1 N–H and O–H groups in total. The van der Waals surface area contributed by atoms with Crippen LogP contribution < -0.4 is 10.2 Å². The maximum Gasteiger partial charge on any atom is 0.311 e. The lowest BCUT2D eigenvalue weighted by Crippen LogP contribution is -2.26. The predicted molar refractivity (Wildman–Crippen MR) is 86.9 cm³/mol. The van der Waals surface area contributed by atoms with Crippen molar-refractivity contribution in [1.82, 2.24) is 5.43 Å². The highest BCUT2D eigenvalue weighted by molar-refractivity contribution is 9.10. The summed E-state index contributed by atoms with van der Waals surface area (Å²) in [5.74, 6) is -0.143. The van der Waals surface area contributed by atoms with E-state index in [1.54, 1.807) is 19.9 Å². The molecule has 0 saturated carbocycles. The summed E-state index contributed by atoms with van der Waals surface area (Å²) < 4.78 is 11.1. The van der Waals surface area contributed by atoms with Crippen molar-refractivity contribution in [1.29, 1.82) is 0 Å². The summed E-state index contributed by atoms with van der Waals surface area (Å²) >= 11 is 3.36. The van der Waals surface area contributed by atoms with Gasteiger partial charge in [0.1, 0.15) is 5.75 Å². The Bertz CT molecular complexity index is 573. The number of amides is 1. The number of carbonyl (C=O) groups is 2. The Morgan fingerprint density at radius 3 is 2.73 bits per heavy atom. The van der Waals surface area contributed by atoms with Crippen LogP contribution in [0.4, 0.5) is 0 Å². The van der Waals surface area contributed by atoms with Gasteiger partial charge in [-0.2, -0.15) is 5.10 Å². The smallest absolute Gasteiger partial charge is 0.311 e. The first-order valence-electron chi connectivity index (χ1n) is 6.79. The molecule has 0 bridgehead atoms. The van der Waals surface area contributed by atoms with E-state index >= 15 is 0 Å². The molecule has 1 aromatic carbocycles. The van der Waals surface area contributed by atoms with Gasteiger partial charge in [-0.3, -0.25) is 9.59 Å². The molecule has 120 valence electrons. The molecule has 0 radical (unpaired) electrons. The first kappa shape index (κ1) is 18.2. The topological polar surface area (TPSA) is 77.0 Å². The SMILES string of the molecule is CCOC(=O)C/C(C)=N/NC(=O)COc1ccc(Br)cc1C. The largest absolute Gasteiger partial charge is 0.483 e. The number of benzene rings is 1. The summed E-state index contributed by atoms with van der Waals surface area (Å²) in [6.07, 6.45) is 0.0425. The highest BCUT2D eigenvalue weighted by Crippen LogP contribution is 2.21. The van der Waals surface area contributed by atoms with Gasteiger partial charge in [-0.15, -0.1) is 0 Å². The lowest BCUT2D eigenvalue weighted by atomic mass is 10.2. The molecule has 0 unspecified atom stereocenters. The van der Waals surface area contributed by atoms with Crippen LogP contribution in [-0.4, -0.2) is 30.8 Å². The molecule has 0 heterocycles.